The third kappa shape index (κ3) is 3.23. The van der Waals surface area contributed by atoms with Crippen LogP contribution in [0.5, 0.6) is 0 Å². The van der Waals surface area contributed by atoms with Crippen LogP contribution in [0.2, 0.25) is 0 Å². The lowest BCUT2D eigenvalue weighted by molar-refractivity contribution is 0.258. The Labute approximate surface area is 125 Å². The lowest BCUT2D eigenvalue weighted by Gasteiger charge is -2.26. The molecule has 3 rings (SSSR count). The molecule has 0 radical (unpaired) electrons. The summed E-state index contributed by atoms with van der Waals surface area (Å²) < 4.78 is 1.89. The van der Waals surface area contributed by atoms with E-state index < -0.39 is 0 Å². The number of anilines is 1. The van der Waals surface area contributed by atoms with E-state index in [9.17, 15) is 0 Å². The standard InChI is InChI=1S/C16H23N5/c1-12-5-4-6-13(11-12)9-10-21-16(18-19-20-21)14-7-2-3-8-15(14)17/h2-3,7-8,12-13H,4-6,9-11,17H2,1H3. The Balaban J connectivity index is 1.70. The summed E-state index contributed by atoms with van der Waals surface area (Å²) in [7, 11) is 0. The van der Waals surface area contributed by atoms with E-state index in [1.165, 1.54) is 25.7 Å². The summed E-state index contributed by atoms with van der Waals surface area (Å²) in [6.45, 7) is 3.23. The van der Waals surface area contributed by atoms with Crippen molar-refractivity contribution < 1.29 is 0 Å². The molecule has 2 aromatic rings. The van der Waals surface area contributed by atoms with Crippen molar-refractivity contribution in [3.8, 4) is 11.4 Å². The number of para-hydroxylation sites is 1. The molecule has 1 saturated carbocycles. The molecule has 112 valence electrons. The number of hydrogen-bond donors (Lipinski definition) is 1. The third-order valence-electron chi connectivity index (χ3n) is 4.53. The van der Waals surface area contributed by atoms with E-state index in [-0.39, 0.29) is 0 Å². The fourth-order valence-electron chi connectivity index (χ4n) is 3.38. The smallest absolute Gasteiger partial charge is 0.184 e. The summed E-state index contributed by atoms with van der Waals surface area (Å²) in [5.41, 5.74) is 7.67. The van der Waals surface area contributed by atoms with Gasteiger partial charge in [-0.25, -0.2) is 4.68 Å². The van der Waals surface area contributed by atoms with Crippen LogP contribution in [0.25, 0.3) is 11.4 Å². The fraction of sp³-hybridized carbons (Fsp3) is 0.562. The highest BCUT2D eigenvalue weighted by atomic mass is 15.5. The third-order valence-corrected chi connectivity index (χ3v) is 4.53. The van der Waals surface area contributed by atoms with Crippen LogP contribution >= 0.6 is 0 Å². The monoisotopic (exact) mass is 285 g/mol. The van der Waals surface area contributed by atoms with Crippen LogP contribution in [0.3, 0.4) is 0 Å². The molecule has 1 aromatic carbocycles. The van der Waals surface area contributed by atoms with Gasteiger partial charge in [0, 0.05) is 17.8 Å². The zero-order valence-electron chi connectivity index (χ0n) is 12.6. The highest BCUT2D eigenvalue weighted by molar-refractivity contribution is 5.70. The van der Waals surface area contributed by atoms with Crippen molar-refractivity contribution in [2.45, 2.75) is 45.6 Å². The molecule has 2 atom stereocenters. The largest absolute Gasteiger partial charge is 0.398 e. The number of rotatable bonds is 4. The minimum Gasteiger partial charge on any atom is -0.398 e. The quantitative estimate of drug-likeness (QED) is 0.876. The number of benzene rings is 1. The normalized spacial score (nSPS) is 22.3. The number of nitrogen functional groups attached to an aromatic ring is 1. The van der Waals surface area contributed by atoms with Gasteiger partial charge >= 0.3 is 0 Å². The second kappa shape index (κ2) is 6.24. The first kappa shape index (κ1) is 14.0. The summed E-state index contributed by atoms with van der Waals surface area (Å²) >= 11 is 0. The number of aryl methyl sites for hydroxylation is 1. The maximum Gasteiger partial charge on any atom is 0.184 e. The van der Waals surface area contributed by atoms with Crippen molar-refractivity contribution >= 4 is 5.69 Å². The van der Waals surface area contributed by atoms with Crippen LogP contribution in [0, 0.1) is 11.8 Å². The predicted octanol–water partition coefficient (Wildman–Crippen LogP) is 3.14. The zero-order valence-corrected chi connectivity index (χ0v) is 12.6. The molecule has 1 aliphatic carbocycles. The number of nitrogens with two attached hydrogens (primary N) is 1. The molecule has 0 amide bonds. The Hall–Kier alpha value is -1.91. The Bertz CT molecular complexity index is 592. The molecular weight excluding hydrogens is 262 g/mol. The average molecular weight is 285 g/mol. The Morgan fingerprint density at radius 3 is 2.95 bits per heavy atom. The molecule has 1 aliphatic rings. The summed E-state index contributed by atoms with van der Waals surface area (Å²) in [5, 5.41) is 12.1. The first-order valence-corrected chi connectivity index (χ1v) is 7.85. The topological polar surface area (TPSA) is 69.6 Å². The number of tetrazole rings is 1. The summed E-state index contributed by atoms with van der Waals surface area (Å²) in [6, 6.07) is 7.75. The van der Waals surface area contributed by atoms with Gasteiger partial charge in [0.05, 0.1) is 0 Å². The molecule has 0 spiro atoms. The van der Waals surface area contributed by atoms with Gasteiger partial charge in [-0.05, 0) is 47.2 Å². The van der Waals surface area contributed by atoms with Gasteiger partial charge in [0.2, 0.25) is 0 Å². The molecule has 5 nitrogen and oxygen atoms in total. The number of aromatic nitrogens is 4. The average Bonchev–Trinajstić information content (AvgIpc) is 2.94. The number of nitrogens with zero attached hydrogens (tertiary/aromatic N) is 4. The van der Waals surface area contributed by atoms with E-state index in [0.29, 0.717) is 0 Å². The van der Waals surface area contributed by atoms with E-state index >= 15 is 0 Å². The van der Waals surface area contributed by atoms with Crippen molar-refractivity contribution in [1.29, 1.82) is 0 Å². The van der Waals surface area contributed by atoms with Crippen LogP contribution < -0.4 is 5.73 Å². The Morgan fingerprint density at radius 2 is 2.14 bits per heavy atom. The minimum absolute atomic E-state index is 0.722. The van der Waals surface area contributed by atoms with Crippen molar-refractivity contribution in [3.63, 3.8) is 0 Å². The Morgan fingerprint density at radius 1 is 1.29 bits per heavy atom. The highest BCUT2D eigenvalue weighted by Gasteiger charge is 2.20. The molecule has 0 aliphatic heterocycles. The fourth-order valence-corrected chi connectivity index (χ4v) is 3.38. The van der Waals surface area contributed by atoms with Crippen LogP contribution in [-0.4, -0.2) is 20.2 Å². The predicted molar refractivity (Wildman–Crippen MR) is 83.4 cm³/mol. The van der Waals surface area contributed by atoms with Gasteiger partial charge in [0.25, 0.3) is 0 Å². The van der Waals surface area contributed by atoms with Crippen LogP contribution in [-0.2, 0) is 6.54 Å². The van der Waals surface area contributed by atoms with Gasteiger partial charge in [-0.2, -0.15) is 0 Å². The van der Waals surface area contributed by atoms with Crippen LogP contribution in [0.1, 0.15) is 39.0 Å². The molecule has 0 saturated heterocycles. The van der Waals surface area contributed by atoms with Crippen molar-refractivity contribution in [1.82, 2.24) is 20.2 Å². The van der Waals surface area contributed by atoms with Crippen molar-refractivity contribution in [2.24, 2.45) is 11.8 Å². The zero-order chi connectivity index (χ0) is 14.7. The SMILES string of the molecule is CC1CCCC(CCn2nnnc2-c2ccccc2N)C1. The molecule has 0 bridgehead atoms. The molecule has 2 unspecified atom stereocenters. The van der Waals surface area contributed by atoms with Crippen molar-refractivity contribution in [3.05, 3.63) is 24.3 Å². The summed E-state index contributed by atoms with van der Waals surface area (Å²) in [5.74, 6) is 2.44. The Kier molecular flexibility index (Phi) is 4.18. The maximum absolute atomic E-state index is 6.03. The van der Waals surface area contributed by atoms with E-state index in [2.05, 4.69) is 22.4 Å². The van der Waals surface area contributed by atoms with Crippen molar-refractivity contribution in [2.75, 3.05) is 5.73 Å². The van der Waals surface area contributed by atoms with E-state index in [1.807, 2.05) is 28.9 Å². The van der Waals surface area contributed by atoms with Gasteiger partial charge < -0.3 is 5.73 Å². The van der Waals surface area contributed by atoms with E-state index in [1.54, 1.807) is 0 Å². The van der Waals surface area contributed by atoms with Crippen LogP contribution in [0.15, 0.2) is 24.3 Å². The maximum atomic E-state index is 6.03. The number of hydrogen-bond acceptors (Lipinski definition) is 4. The molecule has 2 N–H and O–H groups in total. The van der Waals surface area contributed by atoms with Gasteiger partial charge in [-0.3, -0.25) is 0 Å². The van der Waals surface area contributed by atoms with E-state index in [0.717, 1.165) is 41.9 Å². The van der Waals surface area contributed by atoms with Gasteiger partial charge in [0.1, 0.15) is 0 Å². The second-order valence-corrected chi connectivity index (χ2v) is 6.24. The molecule has 1 aromatic heterocycles. The summed E-state index contributed by atoms with van der Waals surface area (Å²) in [4.78, 5) is 0. The van der Waals surface area contributed by atoms with Gasteiger partial charge in [-0.15, -0.1) is 5.10 Å². The van der Waals surface area contributed by atoms with Gasteiger partial charge in [-0.1, -0.05) is 38.3 Å². The van der Waals surface area contributed by atoms with E-state index in [4.69, 9.17) is 5.73 Å². The molecule has 5 heteroatoms. The lowest BCUT2D eigenvalue weighted by atomic mass is 9.81. The minimum atomic E-state index is 0.722. The highest BCUT2D eigenvalue weighted by Crippen LogP contribution is 2.31. The summed E-state index contributed by atoms with van der Waals surface area (Å²) in [6.07, 6.45) is 6.57. The first-order chi connectivity index (χ1) is 10.2. The molecular formula is C16H23N5. The molecule has 21 heavy (non-hydrogen) atoms. The lowest BCUT2D eigenvalue weighted by Crippen LogP contribution is -2.16. The molecule has 1 heterocycles. The molecule has 1 fully saturated rings. The van der Waals surface area contributed by atoms with Crippen LogP contribution in [0.4, 0.5) is 5.69 Å². The first-order valence-electron chi connectivity index (χ1n) is 7.85. The van der Waals surface area contributed by atoms with Gasteiger partial charge in [0.15, 0.2) is 5.82 Å². The second-order valence-electron chi connectivity index (χ2n) is 6.24.